The van der Waals surface area contributed by atoms with Gasteiger partial charge in [0.05, 0.1) is 7.11 Å². The van der Waals surface area contributed by atoms with E-state index in [4.69, 9.17) is 4.74 Å². The quantitative estimate of drug-likeness (QED) is 0.857. The molecule has 1 fully saturated rings. The third-order valence-corrected chi connectivity index (χ3v) is 3.19. The Bertz CT molecular complexity index is 456. The number of hydrogen-bond donors (Lipinski definition) is 2. The Hall–Kier alpha value is -2.04. The molecule has 1 atom stereocenters. The van der Waals surface area contributed by atoms with Crippen LogP contribution in [-0.4, -0.2) is 31.5 Å². The van der Waals surface area contributed by atoms with Crippen molar-refractivity contribution in [2.24, 2.45) is 0 Å². The summed E-state index contributed by atoms with van der Waals surface area (Å²) in [5.74, 6) is 0.368. The number of benzene rings is 1. The van der Waals surface area contributed by atoms with Gasteiger partial charge >= 0.3 is 0 Å². The molecule has 1 aliphatic heterocycles. The Morgan fingerprint density at radius 3 is 2.74 bits per heavy atom. The summed E-state index contributed by atoms with van der Waals surface area (Å²) in [7, 11) is 1.57. The van der Waals surface area contributed by atoms with Crippen molar-refractivity contribution in [3.63, 3.8) is 0 Å². The van der Waals surface area contributed by atoms with E-state index in [9.17, 15) is 9.59 Å². The maximum Gasteiger partial charge on any atom is 0.251 e. The second-order valence-electron chi connectivity index (χ2n) is 4.54. The van der Waals surface area contributed by atoms with Gasteiger partial charge in [0.2, 0.25) is 5.91 Å². The van der Waals surface area contributed by atoms with E-state index in [1.807, 2.05) is 0 Å². The van der Waals surface area contributed by atoms with E-state index in [1.54, 1.807) is 31.4 Å². The Morgan fingerprint density at radius 2 is 2.05 bits per heavy atom. The number of carbonyl (C=O) groups is 2. The second kappa shape index (κ2) is 6.22. The van der Waals surface area contributed by atoms with Crippen LogP contribution in [0.3, 0.4) is 0 Å². The molecule has 0 aliphatic carbocycles. The van der Waals surface area contributed by atoms with Gasteiger partial charge < -0.3 is 15.4 Å². The lowest BCUT2D eigenvalue weighted by Crippen LogP contribution is -2.45. The summed E-state index contributed by atoms with van der Waals surface area (Å²) in [5.41, 5.74) is 0.526. The first-order valence-electron chi connectivity index (χ1n) is 6.43. The minimum Gasteiger partial charge on any atom is -0.497 e. The molecule has 0 radical (unpaired) electrons. The number of rotatable bonds is 3. The summed E-state index contributed by atoms with van der Waals surface area (Å²) < 4.78 is 5.04. The third-order valence-electron chi connectivity index (χ3n) is 3.19. The lowest BCUT2D eigenvalue weighted by Gasteiger charge is -2.15. The van der Waals surface area contributed by atoms with Crippen molar-refractivity contribution < 1.29 is 14.3 Å². The zero-order chi connectivity index (χ0) is 13.7. The van der Waals surface area contributed by atoms with Gasteiger partial charge in [-0.25, -0.2) is 0 Å². The van der Waals surface area contributed by atoms with E-state index in [2.05, 4.69) is 10.6 Å². The van der Waals surface area contributed by atoms with Gasteiger partial charge in [-0.1, -0.05) is 0 Å². The van der Waals surface area contributed by atoms with Crippen LogP contribution in [0.4, 0.5) is 0 Å². The largest absolute Gasteiger partial charge is 0.497 e. The van der Waals surface area contributed by atoms with E-state index in [1.165, 1.54) is 0 Å². The number of methoxy groups -OCH3 is 1. The van der Waals surface area contributed by atoms with Gasteiger partial charge in [-0.05, 0) is 43.5 Å². The van der Waals surface area contributed by atoms with Gasteiger partial charge in [-0.2, -0.15) is 0 Å². The molecular weight excluding hydrogens is 244 g/mol. The summed E-state index contributed by atoms with van der Waals surface area (Å²) in [6.45, 7) is 0.688. The molecule has 0 saturated carbocycles. The van der Waals surface area contributed by atoms with Crippen LogP contribution in [0, 0.1) is 0 Å². The Balaban J connectivity index is 2.00. The molecule has 1 aromatic rings. The summed E-state index contributed by atoms with van der Waals surface area (Å²) in [6.07, 6.45) is 2.58. The molecule has 2 amide bonds. The molecule has 0 spiro atoms. The molecule has 1 saturated heterocycles. The van der Waals surface area contributed by atoms with Crippen molar-refractivity contribution in [1.29, 1.82) is 0 Å². The first-order chi connectivity index (χ1) is 9.20. The zero-order valence-corrected chi connectivity index (χ0v) is 10.9. The molecule has 5 heteroatoms. The van der Waals surface area contributed by atoms with Gasteiger partial charge in [0, 0.05) is 12.1 Å². The fourth-order valence-corrected chi connectivity index (χ4v) is 2.06. The highest BCUT2D eigenvalue weighted by molar-refractivity contribution is 5.97. The average Bonchev–Trinajstić information content (AvgIpc) is 2.64. The van der Waals surface area contributed by atoms with E-state index >= 15 is 0 Å². The SMILES string of the molecule is COc1ccc(C(=O)N[C@H]2CCCCNC2=O)cc1. The maximum atomic E-state index is 12.0. The van der Waals surface area contributed by atoms with Crippen molar-refractivity contribution >= 4 is 11.8 Å². The van der Waals surface area contributed by atoms with Gasteiger partial charge in [0.25, 0.3) is 5.91 Å². The fourth-order valence-electron chi connectivity index (χ4n) is 2.06. The van der Waals surface area contributed by atoms with Crippen LogP contribution in [-0.2, 0) is 4.79 Å². The van der Waals surface area contributed by atoms with E-state index in [-0.39, 0.29) is 11.8 Å². The first kappa shape index (κ1) is 13.4. The lowest BCUT2D eigenvalue weighted by atomic mass is 10.1. The maximum absolute atomic E-state index is 12.0. The van der Waals surface area contributed by atoms with E-state index in [0.29, 0.717) is 24.3 Å². The molecule has 0 unspecified atom stereocenters. The van der Waals surface area contributed by atoms with Crippen molar-refractivity contribution in [2.45, 2.75) is 25.3 Å². The molecule has 0 aromatic heterocycles. The smallest absolute Gasteiger partial charge is 0.251 e. The van der Waals surface area contributed by atoms with Crippen LogP contribution in [0.25, 0.3) is 0 Å². The summed E-state index contributed by atoms with van der Waals surface area (Å²) >= 11 is 0. The normalized spacial score (nSPS) is 19.2. The van der Waals surface area contributed by atoms with Crippen LogP contribution >= 0.6 is 0 Å². The molecule has 5 nitrogen and oxygen atoms in total. The number of nitrogens with one attached hydrogen (secondary N) is 2. The molecule has 2 N–H and O–H groups in total. The minimum atomic E-state index is -0.433. The van der Waals surface area contributed by atoms with Crippen LogP contribution in [0.15, 0.2) is 24.3 Å². The van der Waals surface area contributed by atoms with Gasteiger partial charge in [0.1, 0.15) is 11.8 Å². The standard InChI is InChI=1S/C14H18N2O3/c1-19-11-7-5-10(6-8-11)13(17)16-12-4-2-3-9-15-14(12)18/h5-8,12H,2-4,9H2,1H3,(H,15,18)(H,16,17)/t12-/m0/s1. The first-order valence-corrected chi connectivity index (χ1v) is 6.43. The number of amides is 2. The fraction of sp³-hybridized carbons (Fsp3) is 0.429. The molecule has 1 heterocycles. The predicted octanol–water partition coefficient (Wildman–Crippen LogP) is 1.09. The highest BCUT2D eigenvalue weighted by atomic mass is 16.5. The van der Waals surface area contributed by atoms with Crippen LogP contribution in [0.2, 0.25) is 0 Å². The molecule has 0 bridgehead atoms. The van der Waals surface area contributed by atoms with Crippen molar-refractivity contribution in [1.82, 2.24) is 10.6 Å². The van der Waals surface area contributed by atoms with Gasteiger partial charge in [-0.3, -0.25) is 9.59 Å². The molecule has 1 aliphatic rings. The van der Waals surface area contributed by atoms with Crippen molar-refractivity contribution in [2.75, 3.05) is 13.7 Å². The van der Waals surface area contributed by atoms with Crippen molar-refractivity contribution in [3.05, 3.63) is 29.8 Å². The Morgan fingerprint density at radius 1 is 1.32 bits per heavy atom. The zero-order valence-electron chi connectivity index (χ0n) is 10.9. The molecule has 102 valence electrons. The predicted molar refractivity (Wildman–Crippen MR) is 71.1 cm³/mol. The second-order valence-corrected chi connectivity index (χ2v) is 4.54. The minimum absolute atomic E-state index is 0.0978. The Kier molecular flexibility index (Phi) is 4.39. The van der Waals surface area contributed by atoms with Gasteiger partial charge in [0.15, 0.2) is 0 Å². The lowest BCUT2D eigenvalue weighted by molar-refractivity contribution is -0.122. The monoisotopic (exact) mass is 262 g/mol. The summed E-state index contributed by atoms with van der Waals surface area (Å²) in [4.78, 5) is 23.8. The summed E-state index contributed by atoms with van der Waals surface area (Å²) in [5, 5.41) is 5.57. The number of ether oxygens (including phenoxy) is 1. The molecule has 19 heavy (non-hydrogen) atoms. The number of hydrogen-bond acceptors (Lipinski definition) is 3. The van der Waals surface area contributed by atoms with E-state index in [0.717, 1.165) is 12.8 Å². The number of carbonyl (C=O) groups excluding carboxylic acids is 2. The third kappa shape index (κ3) is 3.47. The van der Waals surface area contributed by atoms with E-state index < -0.39 is 6.04 Å². The highest BCUT2D eigenvalue weighted by Gasteiger charge is 2.22. The Labute approximate surface area is 112 Å². The molecule has 1 aromatic carbocycles. The van der Waals surface area contributed by atoms with Crippen LogP contribution in [0.1, 0.15) is 29.6 Å². The topological polar surface area (TPSA) is 67.4 Å². The molecular formula is C14H18N2O3. The van der Waals surface area contributed by atoms with Gasteiger partial charge in [-0.15, -0.1) is 0 Å². The van der Waals surface area contributed by atoms with Crippen LogP contribution in [0.5, 0.6) is 5.75 Å². The van der Waals surface area contributed by atoms with Crippen LogP contribution < -0.4 is 15.4 Å². The van der Waals surface area contributed by atoms with Crippen molar-refractivity contribution in [3.8, 4) is 5.75 Å². The molecule has 2 rings (SSSR count). The summed E-state index contributed by atoms with van der Waals surface area (Å²) in [6, 6.07) is 6.38. The average molecular weight is 262 g/mol. The highest BCUT2D eigenvalue weighted by Crippen LogP contribution is 2.12.